The first-order chi connectivity index (χ1) is 9.21. The molecule has 7 heteroatoms. The Kier molecular flexibility index (Phi) is 4.39. The molecule has 1 saturated heterocycles. The van der Waals surface area contributed by atoms with Crippen LogP contribution in [0.3, 0.4) is 0 Å². The van der Waals surface area contributed by atoms with E-state index < -0.39 is 5.54 Å². The van der Waals surface area contributed by atoms with E-state index in [0.29, 0.717) is 43.8 Å². The predicted molar refractivity (Wildman–Crippen MR) is 68.6 cm³/mol. The monoisotopic (exact) mass is 269 g/mol. The molecule has 0 aliphatic carbocycles. The fraction of sp³-hybridized carbons (Fsp3) is 0.667. The summed E-state index contributed by atoms with van der Waals surface area (Å²) in [4.78, 5) is 8.42. The second kappa shape index (κ2) is 6.03. The summed E-state index contributed by atoms with van der Waals surface area (Å²) in [6.45, 7) is 1.21. The van der Waals surface area contributed by atoms with Gasteiger partial charge in [-0.15, -0.1) is 0 Å². The number of hydrogen-bond acceptors (Lipinski definition) is 7. The number of ether oxygens (including phenoxy) is 3. The van der Waals surface area contributed by atoms with Crippen LogP contribution >= 0.6 is 0 Å². The van der Waals surface area contributed by atoms with E-state index in [1.54, 1.807) is 6.07 Å². The van der Waals surface area contributed by atoms with Crippen molar-refractivity contribution in [3.8, 4) is 11.8 Å². The lowest BCUT2D eigenvalue weighted by Crippen LogP contribution is -2.47. The summed E-state index contributed by atoms with van der Waals surface area (Å²) in [6, 6.07) is 1.60. The molecule has 7 nitrogen and oxygen atoms in total. The Balaban J connectivity index is 2.20. The van der Waals surface area contributed by atoms with Crippen molar-refractivity contribution >= 4 is 5.95 Å². The predicted octanol–water partition coefficient (Wildman–Crippen LogP) is 0.447. The first-order valence-electron chi connectivity index (χ1n) is 6.15. The number of methoxy groups -OCH3 is 2. The molecular weight excluding hydrogens is 250 g/mol. The molecule has 2 heterocycles. The number of nitrogens with zero attached hydrogens (tertiary/aromatic N) is 2. The van der Waals surface area contributed by atoms with Crippen molar-refractivity contribution in [1.82, 2.24) is 9.97 Å². The highest BCUT2D eigenvalue weighted by atomic mass is 16.5. The first kappa shape index (κ1) is 13.8. The van der Waals surface area contributed by atoms with Crippen LogP contribution in [0.1, 0.15) is 12.8 Å². The Morgan fingerprint density at radius 3 is 2.32 bits per heavy atom. The Morgan fingerprint density at radius 1 is 1.26 bits per heavy atom. The summed E-state index contributed by atoms with van der Waals surface area (Å²) in [5.74, 6) is 1.20. The number of aliphatic hydroxyl groups is 1. The van der Waals surface area contributed by atoms with Gasteiger partial charge in [0, 0.05) is 13.2 Å². The Bertz CT molecular complexity index is 399. The van der Waals surface area contributed by atoms with E-state index in [1.807, 2.05) is 0 Å². The summed E-state index contributed by atoms with van der Waals surface area (Å²) >= 11 is 0. The minimum absolute atomic E-state index is 0.000749. The van der Waals surface area contributed by atoms with Crippen LogP contribution < -0.4 is 14.8 Å². The molecule has 0 spiro atoms. The maximum atomic E-state index is 9.62. The third-order valence-corrected chi connectivity index (χ3v) is 3.23. The fourth-order valence-corrected chi connectivity index (χ4v) is 1.99. The molecule has 19 heavy (non-hydrogen) atoms. The van der Waals surface area contributed by atoms with E-state index in [0.717, 1.165) is 0 Å². The van der Waals surface area contributed by atoms with Gasteiger partial charge in [0.05, 0.1) is 32.4 Å². The van der Waals surface area contributed by atoms with Crippen molar-refractivity contribution in [3.63, 3.8) is 0 Å². The van der Waals surface area contributed by atoms with E-state index in [4.69, 9.17) is 14.2 Å². The molecule has 0 saturated carbocycles. The highest BCUT2D eigenvalue weighted by Crippen LogP contribution is 2.26. The minimum atomic E-state index is -0.449. The van der Waals surface area contributed by atoms with Crippen LogP contribution in [0.15, 0.2) is 6.07 Å². The van der Waals surface area contributed by atoms with Crippen LogP contribution in [0.4, 0.5) is 5.95 Å². The molecule has 0 aromatic carbocycles. The molecular formula is C12H19N3O4. The van der Waals surface area contributed by atoms with Gasteiger partial charge >= 0.3 is 0 Å². The minimum Gasteiger partial charge on any atom is -0.481 e. The lowest BCUT2D eigenvalue weighted by atomic mass is 9.91. The van der Waals surface area contributed by atoms with Gasteiger partial charge in [0.2, 0.25) is 17.7 Å². The van der Waals surface area contributed by atoms with E-state index in [-0.39, 0.29) is 6.61 Å². The zero-order valence-corrected chi connectivity index (χ0v) is 11.2. The molecule has 1 aliphatic rings. The molecule has 2 N–H and O–H groups in total. The third kappa shape index (κ3) is 3.24. The van der Waals surface area contributed by atoms with Gasteiger partial charge in [-0.1, -0.05) is 0 Å². The third-order valence-electron chi connectivity index (χ3n) is 3.23. The fourth-order valence-electron chi connectivity index (χ4n) is 1.99. The number of aromatic nitrogens is 2. The van der Waals surface area contributed by atoms with Gasteiger partial charge in [0.25, 0.3) is 0 Å². The summed E-state index contributed by atoms with van der Waals surface area (Å²) in [6.07, 6.45) is 1.40. The van der Waals surface area contributed by atoms with Crippen molar-refractivity contribution in [2.75, 3.05) is 39.4 Å². The van der Waals surface area contributed by atoms with Gasteiger partial charge in [-0.25, -0.2) is 0 Å². The van der Waals surface area contributed by atoms with Crippen molar-refractivity contribution < 1.29 is 19.3 Å². The quantitative estimate of drug-likeness (QED) is 0.802. The van der Waals surface area contributed by atoms with Gasteiger partial charge in [-0.3, -0.25) is 0 Å². The number of anilines is 1. The molecule has 1 aromatic rings. The van der Waals surface area contributed by atoms with E-state index in [1.165, 1.54) is 14.2 Å². The van der Waals surface area contributed by atoms with Crippen LogP contribution in [-0.4, -0.2) is 54.7 Å². The normalized spacial score (nSPS) is 17.8. The van der Waals surface area contributed by atoms with Crippen LogP contribution in [0.2, 0.25) is 0 Å². The number of aliphatic hydroxyl groups excluding tert-OH is 1. The molecule has 0 bridgehead atoms. The second-order valence-corrected chi connectivity index (χ2v) is 4.45. The lowest BCUT2D eigenvalue weighted by molar-refractivity contribution is 0.0376. The average Bonchev–Trinajstić information content (AvgIpc) is 2.47. The summed E-state index contributed by atoms with van der Waals surface area (Å²) in [7, 11) is 3.06. The van der Waals surface area contributed by atoms with Crippen molar-refractivity contribution in [2.24, 2.45) is 0 Å². The molecule has 2 rings (SSSR count). The Labute approximate surface area is 111 Å². The lowest BCUT2D eigenvalue weighted by Gasteiger charge is -2.36. The molecule has 1 aromatic heterocycles. The Hall–Kier alpha value is -1.60. The van der Waals surface area contributed by atoms with Crippen LogP contribution in [-0.2, 0) is 4.74 Å². The smallest absolute Gasteiger partial charge is 0.229 e. The molecule has 0 unspecified atom stereocenters. The maximum absolute atomic E-state index is 9.62. The van der Waals surface area contributed by atoms with Gasteiger partial charge in [-0.05, 0) is 12.8 Å². The van der Waals surface area contributed by atoms with E-state index in [2.05, 4.69) is 15.3 Å². The molecule has 1 fully saturated rings. The van der Waals surface area contributed by atoms with E-state index in [9.17, 15) is 5.11 Å². The maximum Gasteiger partial charge on any atom is 0.229 e. The van der Waals surface area contributed by atoms with E-state index >= 15 is 0 Å². The summed E-state index contributed by atoms with van der Waals surface area (Å²) < 4.78 is 15.5. The van der Waals surface area contributed by atoms with Crippen LogP contribution in [0, 0.1) is 0 Å². The standard InChI is InChI=1S/C12H19N3O4/c1-17-9-7-10(18-2)14-11(13-9)15-12(8-16)3-5-19-6-4-12/h7,16H,3-6,8H2,1-2H3,(H,13,14,15). The van der Waals surface area contributed by atoms with Gasteiger partial charge in [-0.2, -0.15) is 9.97 Å². The van der Waals surface area contributed by atoms with Crippen LogP contribution in [0.25, 0.3) is 0 Å². The Morgan fingerprint density at radius 2 is 1.84 bits per heavy atom. The van der Waals surface area contributed by atoms with Crippen molar-refractivity contribution in [1.29, 1.82) is 0 Å². The summed E-state index contributed by atoms with van der Waals surface area (Å²) in [5, 5.41) is 12.8. The number of rotatable bonds is 5. The second-order valence-electron chi connectivity index (χ2n) is 4.45. The van der Waals surface area contributed by atoms with Gasteiger partial charge < -0.3 is 24.6 Å². The van der Waals surface area contributed by atoms with Gasteiger partial charge in [0.1, 0.15) is 0 Å². The zero-order valence-electron chi connectivity index (χ0n) is 11.2. The molecule has 1 aliphatic heterocycles. The molecule has 0 amide bonds. The SMILES string of the molecule is COc1cc(OC)nc(NC2(CO)CCOCC2)n1. The largest absolute Gasteiger partial charge is 0.481 e. The number of nitrogens with one attached hydrogen (secondary N) is 1. The van der Waals surface area contributed by atoms with Gasteiger partial charge in [0.15, 0.2) is 0 Å². The molecule has 0 atom stereocenters. The van der Waals surface area contributed by atoms with Crippen molar-refractivity contribution in [3.05, 3.63) is 6.07 Å². The average molecular weight is 269 g/mol. The topological polar surface area (TPSA) is 85.7 Å². The summed E-state index contributed by atoms with van der Waals surface area (Å²) in [5.41, 5.74) is -0.449. The zero-order chi connectivity index (χ0) is 13.7. The first-order valence-corrected chi connectivity index (χ1v) is 6.15. The number of hydrogen-bond donors (Lipinski definition) is 2. The van der Waals surface area contributed by atoms with Crippen molar-refractivity contribution in [2.45, 2.75) is 18.4 Å². The highest BCUT2D eigenvalue weighted by Gasteiger charge is 2.32. The molecule has 106 valence electrons. The van der Waals surface area contributed by atoms with Crippen LogP contribution in [0.5, 0.6) is 11.8 Å². The molecule has 0 radical (unpaired) electrons. The highest BCUT2D eigenvalue weighted by molar-refractivity contribution is 5.36.